The Morgan fingerprint density at radius 2 is 1.10 bits per heavy atom. The number of hydrogen-bond donors (Lipinski definition) is 0. The fourth-order valence-corrected chi connectivity index (χ4v) is 9.12. The summed E-state index contributed by atoms with van der Waals surface area (Å²) in [6.45, 7) is 27.8. The summed E-state index contributed by atoms with van der Waals surface area (Å²) in [4.78, 5) is 0. The van der Waals surface area contributed by atoms with Crippen LogP contribution in [0.5, 0.6) is 0 Å². The Hall–Kier alpha value is -6.62. The van der Waals surface area contributed by atoms with Crippen LogP contribution in [0.1, 0.15) is 103 Å². The highest BCUT2D eigenvalue weighted by Crippen LogP contribution is 2.53. The van der Waals surface area contributed by atoms with Crippen LogP contribution < -0.4 is 0 Å². The summed E-state index contributed by atoms with van der Waals surface area (Å²) in [5, 5.41) is 2.52. The molecular formula is C62H67N. The maximum atomic E-state index is 4.00. The van der Waals surface area contributed by atoms with Crippen molar-refractivity contribution >= 4 is 27.4 Å². The molecule has 9 rings (SSSR count). The molecule has 0 unspecified atom stereocenters. The van der Waals surface area contributed by atoms with Gasteiger partial charge in [-0.05, 0) is 161 Å². The molecule has 1 aliphatic rings. The van der Waals surface area contributed by atoms with E-state index in [-0.39, 0.29) is 5.41 Å². The minimum atomic E-state index is -0.0772. The molecule has 0 aliphatic heterocycles. The molecule has 63 heavy (non-hydrogen) atoms. The van der Waals surface area contributed by atoms with Gasteiger partial charge >= 0.3 is 0 Å². The quantitative estimate of drug-likeness (QED) is 0.116. The highest BCUT2D eigenvalue weighted by atomic mass is 15.0. The van der Waals surface area contributed by atoms with Crippen molar-refractivity contribution < 1.29 is 0 Å². The second-order valence-electron chi connectivity index (χ2n) is 15.9. The van der Waals surface area contributed by atoms with E-state index in [2.05, 4.69) is 224 Å². The van der Waals surface area contributed by atoms with Gasteiger partial charge in [0.05, 0.1) is 11.0 Å². The average Bonchev–Trinajstić information content (AvgIpc) is 3.78. The SMILES string of the molecule is C#C.C/C=C\C=C(/C)c1ccc(-c2ccc3c(c2)c2cc(-c4cc5c(cc4C)C(C)(C)c4ccc(-c6ccccc6C)c(C)c4-5)ccc2n3-c2ccccc2)cc1.CC.CC.CC. The van der Waals surface area contributed by atoms with Crippen molar-refractivity contribution in [3.8, 4) is 63.0 Å². The van der Waals surface area contributed by atoms with Gasteiger partial charge < -0.3 is 4.57 Å². The molecule has 8 aromatic rings. The fraction of sp³-hybridized carbons (Fsp3) is 0.226. The van der Waals surface area contributed by atoms with Crippen LogP contribution in [0.15, 0.2) is 158 Å². The number of aryl methyl sites for hydroxylation is 2. The van der Waals surface area contributed by atoms with Gasteiger partial charge in [0, 0.05) is 21.9 Å². The molecule has 7 aromatic carbocycles. The number of para-hydroxylation sites is 1. The molecule has 0 saturated heterocycles. The van der Waals surface area contributed by atoms with Crippen molar-refractivity contribution in [3.05, 3.63) is 191 Å². The molecule has 1 heteroatoms. The summed E-state index contributed by atoms with van der Waals surface area (Å²) in [6, 6.07) is 52.3. The normalized spacial score (nSPS) is 12.1. The van der Waals surface area contributed by atoms with Gasteiger partial charge in [-0.2, -0.15) is 0 Å². The summed E-state index contributed by atoms with van der Waals surface area (Å²) in [7, 11) is 0. The smallest absolute Gasteiger partial charge is 0.0541 e. The Morgan fingerprint density at radius 3 is 1.71 bits per heavy atom. The monoisotopic (exact) mass is 826 g/mol. The van der Waals surface area contributed by atoms with Crippen molar-refractivity contribution in [2.75, 3.05) is 0 Å². The number of hydrogen-bond acceptors (Lipinski definition) is 0. The summed E-state index contributed by atoms with van der Waals surface area (Å²) in [6.07, 6.45) is 14.3. The van der Waals surface area contributed by atoms with Crippen LogP contribution in [-0.4, -0.2) is 4.57 Å². The van der Waals surface area contributed by atoms with E-state index >= 15 is 0 Å². The summed E-state index contributed by atoms with van der Waals surface area (Å²) >= 11 is 0. The molecular weight excluding hydrogens is 759 g/mol. The van der Waals surface area contributed by atoms with Crippen molar-refractivity contribution in [1.82, 2.24) is 4.57 Å². The second-order valence-corrected chi connectivity index (χ2v) is 15.9. The van der Waals surface area contributed by atoms with Gasteiger partial charge in [0.25, 0.3) is 0 Å². The number of aromatic nitrogens is 1. The molecule has 0 atom stereocenters. The van der Waals surface area contributed by atoms with Crippen LogP contribution in [0.4, 0.5) is 0 Å². The van der Waals surface area contributed by atoms with E-state index in [0.29, 0.717) is 0 Å². The van der Waals surface area contributed by atoms with E-state index in [1.165, 1.54) is 111 Å². The van der Waals surface area contributed by atoms with Crippen LogP contribution in [-0.2, 0) is 5.41 Å². The van der Waals surface area contributed by atoms with E-state index < -0.39 is 0 Å². The first kappa shape index (κ1) is 47.4. The Morgan fingerprint density at radius 1 is 0.524 bits per heavy atom. The Balaban J connectivity index is 0.000000887. The third-order valence-electron chi connectivity index (χ3n) is 12.2. The lowest BCUT2D eigenvalue weighted by atomic mass is 9.80. The van der Waals surface area contributed by atoms with Crippen LogP contribution >= 0.6 is 0 Å². The minimum absolute atomic E-state index is 0.0772. The predicted octanol–water partition coefficient (Wildman–Crippen LogP) is 18.3. The molecule has 0 spiro atoms. The third-order valence-corrected chi connectivity index (χ3v) is 12.2. The molecule has 1 aromatic heterocycles. The molecule has 1 aliphatic carbocycles. The lowest BCUT2D eigenvalue weighted by Gasteiger charge is -2.23. The topological polar surface area (TPSA) is 4.93 Å². The van der Waals surface area contributed by atoms with Gasteiger partial charge in [0.15, 0.2) is 0 Å². The second kappa shape index (κ2) is 21.0. The first-order valence-electron chi connectivity index (χ1n) is 22.9. The van der Waals surface area contributed by atoms with Crippen LogP contribution in [0.3, 0.4) is 0 Å². The van der Waals surface area contributed by atoms with Crippen molar-refractivity contribution in [2.24, 2.45) is 0 Å². The summed E-state index contributed by atoms with van der Waals surface area (Å²) in [5.74, 6) is 0. The number of terminal acetylenes is 1. The molecule has 320 valence electrons. The summed E-state index contributed by atoms with van der Waals surface area (Å²) < 4.78 is 2.42. The first-order valence-corrected chi connectivity index (χ1v) is 22.9. The van der Waals surface area contributed by atoms with E-state index in [4.69, 9.17) is 0 Å². The molecule has 0 radical (unpaired) electrons. The number of rotatable bonds is 6. The Kier molecular flexibility index (Phi) is 15.8. The zero-order chi connectivity index (χ0) is 46.0. The molecule has 0 saturated carbocycles. The van der Waals surface area contributed by atoms with Crippen molar-refractivity contribution in [3.63, 3.8) is 0 Å². The lowest BCUT2D eigenvalue weighted by molar-refractivity contribution is 0.659. The number of nitrogens with zero attached hydrogens (tertiary/aromatic N) is 1. The molecule has 0 N–H and O–H groups in total. The molecule has 0 amide bonds. The maximum absolute atomic E-state index is 4.00. The third kappa shape index (κ3) is 8.87. The van der Waals surface area contributed by atoms with E-state index in [1.807, 2.05) is 41.5 Å². The highest BCUT2D eigenvalue weighted by Gasteiger charge is 2.37. The van der Waals surface area contributed by atoms with Crippen molar-refractivity contribution in [1.29, 1.82) is 0 Å². The zero-order valence-electron chi connectivity index (χ0n) is 40.1. The van der Waals surface area contributed by atoms with Gasteiger partial charge in [-0.3, -0.25) is 0 Å². The zero-order valence-corrected chi connectivity index (χ0v) is 40.1. The van der Waals surface area contributed by atoms with Gasteiger partial charge in [0.2, 0.25) is 0 Å². The van der Waals surface area contributed by atoms with Crippen LogP contribution in [0.25, 0.3) is 77.6 Å². The standard InChI is InChI=1S/C54H47N.3C2H6.C2H2/c1-8-9-15-34(2)38-20-22-39(23-21-38)40-24-28-51-46(31-40)47-32-41(25-29-52(47)55(51)42-17-11-10-12-18-42)45-33-48-50(30-36(45)4)54(6,7)49-27-26-44(37(5)53(48)49)43-19-14-13-16-35(43)3;4*1-2/h8-33H,1-7H3;3*1-2H3;1-2H/b9-8-,34-15+;;;;. The van der Waals surface area contributed by atoms with Crippen LogP contribution in [0.2, 0.25) is 0 Å². The maximum Gasteiger partial charge on any atom is 0.0541 e. The predicted molar refractivity (Wildman–Crippen MR) is 281 cm³/mol. The van der Waals surface area contributed by atoms with Gasteiger partial charge in [-0.15, -0.1) is 12.8 Å². The molecule has 0 bridgehead atoms. The number of benzene rings is 7. The Labute approximate surface area is 379 Å². The van der Waals surface area contributed by atoms with E-state index in [9.17, 15) is 0 Å². The number of allylic oxidation sites excluding steroid dienone is 4. The van der Waals surface area contributed by atoms with Gasteiger partial charge in [0.1, 0.15) is 0 Å². The van der Waals surface area contributed by atoms with E-state index in [1.54, 1.807) is 0 Å². The molecule has 0 fully saturated rings. The molecule has 1 heterocycles. The highest BCUT2D eigenvalue weighted by molar-refractivity contribution is 6.12. The first-order chi connectivity index (χ1) is 30.7. The van der Waals surface area contributed by atoms with Gasteiger partial charge in [-0.25, -0.2) is 0 Å². The average molecular weight is 826 g/mol. The lowest BCUT2D eigenvalue weighted by Crippen LogP contribution is -2.15. The fourth-order valence-electron chi connectivity index (χ4n) is 9.12. The van der Waals surface area contributed by atoms with Crippen molar-refractivity contribution in [2.45, 2.75) is 95.4 Å². The number of fused-ring (bicyclic) bond motifs is 6. The largest absolute Gasteiger partial charge is 0.309 e. The summed E-state index contributed by atoms with van der Waals surface area (Å²) in [5.41, 5.74) is 23.2. The van der Waals surface area contributed by atoms with Crippen LogP contribution in [0, 0.1) is 33.6 Å². The van der Waals surface area contributed by atoms with Gasteiger partial charge in [-0.1, -0.05) is 171 Å². The van der Waals surface area contributed by atoms with E-state index in [0.717, 1.165) is 0 Å². The minimum Gasteiger partial charge on any atom is -0.309 e. The Bertz CT molecular complexity index is 2910. The molecule has 1 nitrogen and oxygen atoms in total.